The molecule has 0 radical (unpaired) electrons. The number of benzene rings is 1. The molecule has 0 bridgehead atoms. The van der Waals surface area contributed by atoms with Gasteiger partial charge in [0.2, 0.25) is 0 Å². The summed E-state index contributed by atoms with van der Waals surface area (Å²) < 4.78 is 38.7. The first kappa shape index (κ1) is 10.6. The molecule has 0 fully saturated rings. The van der Waals surface area contributed by atoms with Gasteiger partial charge in [-0.05, 0) is 0 Å². The lowest BCUT2D eigenvalue weighted by atomic mass is 10.1. The van der Waals surface area contributed by atoms with Crippen LogP contribution in [0.15, 0.2) is 12.1 Å². The monoisotopic (exact) mass is 202 g/mol. The summed E-state index contributed by atoms with van der Waals surface area (Å²) in [4.78, 5) is 1.24. The lowest BCUT2D eigenvalue weighted by Crippen LogP contribution is -2.24. The van der Waals surface area contributed by atoms with E-state index in [0.29, 0.717) is 12.1 Å². The minimum atomic E-state index is -1.07. The summed E-state index contributed by atoms with van der Waals surface area (Å²) in [6.45, 7) is 0. The highest BCUT2D eigenvalue weighted by atomic mass is 19.1. The average Bonchev–Trinajstić information content (AvgIpc) is 2.01. The summed E-state index contributed by atoms with van der Waals surface area (Å²) in [6.07, 6.45) is 0. The van der Waals surface area contributed by atoms with Crippen LogP contribution in [0.3, 0.4) is 0 Å². The van der Waals surface area contributed by atoms with Gasteiger partial charge in [-0.15, -0.1) is 0 Å². The lowest BCUT2D eigenvalue weighted by Gasteiger charge is -2.14. The summed E-state index contributed by atoms with van der Waals surface area (Å²) in [6, 6.07) is 1.10. The zero-order valence-electron chi connectivity index (χ0n) is 7.74. The average molecular weight is 202 g/mol. The van der Waals surface area contributed by atoms with Crippen LogP contribution in [0, 0.1) is 22.9 Å². The molecule has 1 rings (SSSR count). The number of hydrogen-bond donors (Lipinski definition) is 1. The van der Waals surface area contributed by atoms with Crippen molar-refractivity contribution >= 4 is 5.84 Å². The number of nitrogens with one attached hydrogen (secondary N) is 1. The van der Waals surface area contributed by atoms with Gasteiger partial charge in [0.05, 0.1) is 5.56 Å². The smallest absolute Gasteiger partial charge is 0.140 e. The molecule has 0 aliphatic rings. The molecule has 0 aliphatic carbocycles. The highest BCUT2D eigenvalue weighted by molar-refractivity contribution is 5.96. The molecule has 2 nitrogen and oxygen atoms in total. The van der Waals surface area contributed by atoms with E-state index in [1.165, 1.54) is 19.0 Å². The Labute approximate surface area is 79.5 Å². The molecular weight excluding hydrogens is 193 g/mol. The minimum Gasteiger partial charge on any atom is -0.363 e. The van der Waals surface area contributed by atoms with E-state index >= 15 is 0 Å². The van der Waals surface area contributed by atoms with E-state index in [0.717, 1.165) is 0 Å². The number of nitrogens with zero attached hydrogens (tertiary/aromatic N) is 1. The predicted octanol–water partition coefficient (Wildman–Crippen LogP) is 1.99. The Hall–Kier alpha value is -1.52. The van der Waals surface area contributed by atoms with Gasteiger partial charge in [-0.25, -0.2) is 13.2 Å². The van der Waals surface area contributed by atoms with Crippen molar-refractivity contribution < 1.29 is 13.2 Å². The summed E-state index contributed by atoms with van der Waals surface area (Å²) in [5.74, 6) is -3.46. The topological polar surface area (TPSA) is 27.1 Å². The molecule has 0 heterocycles. The summed E-state index contributed by atoms with van der Waals surface area (Å²) in [7, 11) is 2.95. The van der Waals surface area contributed by atoms with Crippen LogP contribution in [-0.4, -0.2) is 24.8 Å². The van der Waals surface area contributed by atoms with Crippen LogP contribution in [0.25, 0.3) is 0 Å². The second-order valence-electron chi connectivity index (χ2n) is 2.99. The molecule has 0 amide bonds. The molecule has 14 heavy (non-hydrogen) atoms. The van der Waals surface area contributed by atoms with Gasteiger partial charge < -0.3 is 4.90 Å². The van der Waals surface area contributed by atoms with E-state index in [1.54, 1.807) is 0 Å². The van der Waals surface area contributed by atoms with E-state index in [1.807, 2.05) is 0 Å². The van der Waals surface area contributed by atoms with Crippen LogP contribution in [0.2, 0.25) is 0 Å². The Bertz CT molecular complexity index is 351. The highest BCUT2D eigenvalue weighted by Crippen LogP contribution is 2.15. The molecule has 0 saturated carbocycles. The van der Waals surface area contributed by atoms with Crippen LogP contribution < -0.4 is 0 Å². The number of hydrogen-bond acceptors (Lipinski definition) is 1. The van der Waals surface area contributed by atoms with Crippen LogP contribution in [0.4, 0.5) is 13.2 Å². The largest absolute Gasteiger partial charge is 0.363 e. The van der Waals surface area contributed by atoms with Gasteiger partial charge in [0.15, 0.2) is 0 Å². The Balaban J connectivity index is 3.28. The van der Waals surface area contributed by atoms with Crippen molar-refractivity contribution in [2.24, 2.45) is 0 Å². The maximum atomic E-state index is 13.1. The maximum absolute atomic E-state index is 13.1. The standard InChI is InChI=1S/C9H9F3N2/c1-14(2)9(13)8-6(11)3-5(10)4-7(8)12/h3-4,13H,1-2H3. The fraction of sp³-hybridized carbons (Fsp3) is 0.222. The van der Waals surface area contributed by atoms with Crippen LogP contribution in [0.5, 0.6) is 0 Å². The first-order chi connectivity index (χ1) is 6.43. The molecule has 1 N–H and O–H groups in total. The zero-order chi connectivity index (χ0) is 10.9. The number of amidine groups is 1. The molecule has 0 saturated heterocycles. The van der Waals surface area contributed by atoms with E-state index in [2.05, 4.69) is 0 Å². The highest BCUT2D eigenvalue weighted by Gasteiger charge is 2.16. The molecule has 76 valence electrons. The molecule has 1 aromatic carbocycles. The van der Waals surface area contributed by atoms with Crippen molar-refractivity contribution in [2.75, 3.05) is 14.1 Å². The Kier molecular flexibility index (Phi) is 2.78. The van der Waals surface area contributed by atoms with Crippen molar-refractivity contribution in [1.29, 1.82) is 5.41 Å². The molecule has 0 unspecified atom stereocenters. The Morgan fingerprint density at radius 2 is 1.57 bits per heavy atom. The van der Waals surface area contributed by atoms with Crippen molar-refractivity contribution in [1.82, 2.24) is 4.90 Å². The molecule has 0 atom stereocenters. The first-order valence-corrected chi connectivity index (χ1v) is 3.84. The molecule has 0 aliphatic heterocycles. The van der Waals surface area contributed by atoms with Gasteiger partial charge in [0.1, 0.15) is 23.3 Å². The summed E-state index contributed by atoms with van der Waals surface area (Å²) in [5.41, 5.74) is -0.517. The van der Waals surface area contributed by atoms with Gasteiger partial charge in [-0.1, -0.05) is 0 Å². The van der Waals surface area contributed by atoms with Gasteiger partial charge in [-0.3, -0.25) is 5.41 Å². The second kappa shape index (κ2) is 3.69. The number of rotatable bonds is 1. The van der Waals surface area contributed by atoms with Gasteiger partial charge >= 0.3 is 0 Å². The molecular formula is C9H9F3N2. The van der Waals surface area contributed by atoms with Crippen molar-refractivity contribution in [2.45, 2.75) is 0 Å². The van der Waals surface area contributed by atoms with Crippen molar-refractivity contribution in [3.63, 3.8) is 0 Å². The number of halogens is 3. The SMILES string of the molecule is CN(C)C(=N)c1c(F)cc(F)cc1F. The Morgan fingerprint density at radius 3 is 1.93 bits per heavy atom. The van der Waals surface area contributed by atoms with Crippen LogP contribution >= 0.6 is 0 Å². The van der Waals surface area contributed by atoms with E-state index in [4.69, 9.17) is 5.41 Å². The zero-order valence-corrected chi connectivity index (χ0v) is 7.74. The molecule has 5 heteroatoms. The van der Waals surface area contributed by atoms with Crippen molar-refractivity contribution in [3.8, 4) is 0 Å². The second-order valence-corrected chi connectivity index (χ2v) is 2.99. The van der Waals surface area contributed by atoms with E-state index in [-0.39, 0.29) is 5.84 Å². The Morgan fingerprint density at radius 1 is 1.14 bits per heavy atom. The normalized spacial score (nSPS) is 10.1. The fourth-order valence-electron chi connectivity index (χ4n) is 0.992. The molecule has 0 aromatic heterocycles. The predicted molar refractivity (Wildman–Crippen MR) is 46.8 cm³/mol. The van der Waals surface area contributed by atoms with Gasteiger partial charge in [0, 0.05) is 26.2 Å². The van der Waals surface area contributed by atoms with Crippen LogP contribution in [0.1, 0.15) is 5.56 Å². The first-order valence-electron chi connectivity index (χ1n) is 3.84. The fourth-order valence-corrected chi connectivity index (χ4v) is 0.992. The van der Waals surface area contributed by atoms with Gasteiger partial charge in [0.25, 0.3) is 0 Å². The third kappa shape index (κ3) is 1.86. The lowest BCUT2D eigenvalue weighted by molar-refractivity contribution is 0.529. The van der Waals surface area contributed by atoms with E-state index in [9.17, 15) is 13.2 Å². The van der Waals surface area contributed by atoms with Crippen molar-refractivity contribution in [3.05, 3.63) is 35.1 Å². The summed E-state index contributed by atoms with van der Waals surface area (Å²) in [5, 5.41) is 7.36. The van der Waals surface area contributed by atoms with Crippen LogP contribution in [-0.2, 0) is 0 Å². The molecule has 0 spiro atoms. The third-order valence-electron chi connectivity index (χ3n) is 1.69. The maximum Gasteiger partial charge on any atom is 0.140 e. The third-order valence-corrected chi connectivity index (χ3v) is 1.69. The van der Waals surface area contributed by atoms with Gasteiger partial charge in [-0.2, -0.15) is 0 Å². The van der Waals surface area contributed by atoms with E-state index < -0.39 is 23.0 Å². The summed E-state index contributed by atoms with van der Waals surface area (Å²) >= 11 is 0. The minimum absolute atomic E-state index is 0.333. The molecule has 1 aromatic rings. The quantitative estimate of drug-likeness (QED) is 0.547.